The summed E-state index contributed by atoms with van der Waals surface area (Å²) in [6.45, 7) is 5.48. The molecule has 5 nitrogen and oxygen atoms in total. The van der Waals surface area contributed by atoms with Crippen LogP contribution in [0.15, 0.2) is 0 Å². The third kappa shape index (κ3) is 2.90. The Morgan fingerprint density at radius 3 is 2.60 bits per heavy atom. The second kappa shape index (κ2) is 5.44. The third-order valence-electron chi connectivity index (χ3n) is 2.83. The second-order valence-corrected chi connectivity index (χ2v) is 3.74. The van der Waals surface area contributed by atoms with E-state index >= 15 is 0 Å². The fourth-order valence-corrected chi connectivity index (χ4v) is 1.84. The molecule has 0 unspecified atom stereocenters. The molecule has 88 valence electrons. The van der Waals surface area contributed by atoms with E-state index in [-0.39, 0.29) is 12.2 Å². The zero-order valence-corrected chi connectivity index (χ0v) is 9.47. The number of methoxy groups -OCH3 is 1. The van der Waals surface area contributed by atoms with E-state index in [9.17, 15) is 4.79 Å². The van der Waals surface area contributed by atoms with Gasteiger partial charge in [-0.25, -0.2) is 0 Å². The summed E-state index contributed by atoms with van der Waals surface area (Å²) in [6.07, 6.45) is -0.0338. The highest BCUT2D eigenvalue weighted by Crippen LogP contribution is 2.18. The molecule has 15 heavy (non-hydrogen) atoms. The highest BCUT2D eigenvalue weighted by molar-refractivity contribution is 5.72. The van der Waals surface area contributed by atoms with Crippen molar-refractivity contribution in [1.29, 1.82) is 0 Å². The van der Waals surface area contributed by atoms with E-state index in [2.05, 4.69) is 0 Å². The Labute approximate surface area is 90.0 Å². The summed E-state index contributed by atoms with van der Waals surface area (Å²) in [5, 5.41) is 8.89. The van der Waals surface area contributed by atoms with E-state index in [0.717, 1.165) is 0 Å². The Morgan fingerprint density at radius 2 is 2.13 bits per heavy atom. The number of nitrogens with zero attached hydrogens (tertiary/aromatic N) is 1. The fourth-order valence-electron chi connectivity index (χ4n) is 1.84. The normalized spacial score (nSPS) is 29.3. The highest BCUT2D eigenvalue weighted by atomic mass is 16.5. The maximum absolute atomic E-state index is 10.8. The summed E-state index contributed by atoms with van der Waals surface area (Å²) in [5.41, 5.74) is 0. The molecule has 1 N–H and O–H groups in total. The lowest BCUT2D eigenvalue weighted by Crippen LogP contribution is -2.38. The molecule has 1 rings (SSSR count). The van der Waals surface area contributed by atoms with Crippen LogP contribution in [0, 0.1) is 0 Å². The molecule has 5 heteroatoms. The molecule has 0 amide bonds. The Hall–Kier alpha value is -0.650. The number of hydrogen-bond acceptors (Lipinski definition) is 4. The van der Waals surface area contributed by atoms with Crippen LogP contribution >= 0.6 is 0 Å². The van der Waals surface area contributed by atoms with Crippen LogP contribution in [0.25, 0.3) is 0 Å². The summed E-state index contributed by atoms with van der Waals surface area (Å²) in [6, 6.07) is -0.479. The average molecular weight is 217 g/mol. The van der Waals surface area contributed by atoms with E-state index in [1.807, 2.05) is 11.8 Å². The molecular weight excluding hydrogens is 198 g/mol. The van der Waals surface area contributed by atoms with Crippen molar-refractivity contribution in [1.82, 2.24) is 4.90 Å². The van der Waals surface area contributed by atoms with Crippen molar-refractivity contribution in [3.05, 3.63) is 0 Å². The lowest BCUT2D eigenvalue weighted by molar-refractivity contribution is -0.142. The smallest absolute Gasteiger partial charge is 0.320 e. The summed E-state index contributed by atoms with van der Waals surface area (Å²) in [7, 11) is 1.63. The first-order valence-electron chi connectivity index (χ1n) is 5.21. The number of carboxylic acids is 1. The van der Waals surface area contributed by atoms with Crippen molar-refractivity contribution in [2.45, 2.75) is 32.1 Å². The number of aliphatic carboxylic acids is 1. The molecule has 0 saturated carbocycles. The SMILES string of the molecule is CCO[C@@H]1CN([C@@H](C)C(=O)O)C[C@@H]1OC. The van der Waals surface area contributed by atoms with Gasteiger partial charge in [-0.15, -0.1) is 0 Å². The number of rotatable bonds is 5. The lowest BCUT2D eigenvalue weighted by atomic mass is 10.2. The molecule has 0 spiro atoms. The monoisotopic (exact) mass is 217 g/mol. The molecule has 0 radical (unpaired) electrons. The molecule has 0 aliphatic carbocycles. The van der Waals surface area contributed by atoms with Crippen molar-refractivity contribution < 1.29 is 19.4 Å². The summed E-state index contributed by atoms with van der Waals surface area (Å²) in [4.78, 5) is 12.7. The van der Waals surface area contributed by atoms with Gasteiger partial charge in [0, 0.05) is 26.8 Å². The molecule has 1 heterocycles. The number of carboxylic acid groups (broad SMARTS) is 1. The minimum atomic E-state index is -0.804. The first-order valence-corrected chi connectivity index (χ1v) is 5.21. The van der Waals surface area contributed by atoms with E-state index in [1.54, 1.807) is 14.0 Å². The maximum atomic E-state index is 10.8. The van der Waals surface area contributed by atoms with Crippen molar-refractivity contribution in [2.75, 3.05) is 26.8 Å². The Balaban J connectivity index is 2.55. The summed E-state index contributed by atoms with van der Waals surface area (Å²) in [5.74, 6) is -0.804. The Bertz CT molecular complexity index is 221. The van der Waals surface area contributed by atoms with Crippen molar-refractivity contribution in [3.8, 4) is 0 Å². The molecule has 3 atom stereocenters. The Morgan fingerprint density at radius 1 is 1.53 bits per heavy atom. The first-order chi connectivity index (χ1) is 7.10. The molecule has 1 aliphatic rings. The molecule has 0 aromatic heterocycles. The summed E-state index contributed by atoms with van der Waals surface area (Å²) >= 11 is 0. The van der Waals surface area contributed by atoms with Crippen LogP contribution in [0.2, 0.25) is 0 Å². The van der Waals surface area contributed by atoms with Crippen LogP contribution in [-0.4, -0.2) is 61.0 Å². The molecule has 0 aromatic carbocycles. The van der Waals surface area contributed by atoms with Crippen LogP contribution < -0.4 is 0 Å². The van der Waals surface area contributed by atoms with E-state index in [1.165, 1.54) is 0 Å². The molecule has 1 saturated heterocycles. The zero-order chi connectivity index (χ0) is 11.4. The Kier molecular flexibility index (Phi) is 4.50. The van der Waals surface area contributed by atoms with Gasteiger partial charge in [-0.3, -0.25) is 9.69 Å². The highest BCUT2D eigenvalue weighted by Gasteiger charge is 2.37. The van der Waals surface area contributed by atoms with Gasteiger partial charge in [0.05, 0.1) is 12.2 Å². The standard InChI is InChI=1S/C10H19NO4/c1-4-15-9-6-11(5-8(9)14-3)7(2)10(12)13/h7-9H,4-6H2,1-3H3,(H,12,13)/t7-,8-,9+/m0/s1. The number of hydrogen-bond donors (Lipinski definition) is 1. The van der Waals surface area contributed by atoms with Crippen LogP contribution in [0.3, 0.4) is 0 Å². The first kappa shape index (κ1) is 12.4. The van der Waals surface area contributed by atoms with Gasteiger partial charge in [-0.05, 0) is 13.8 Å². The average Bonchev–Trinajstić information content (AvgIpc) is 2.60. The topological polar surface area (TPSA) is 59.0 Å². The van der Waals surface area contributed by atoms with Crippen LogP contribution in [0.1, 0.15) is 13.8 Å². The van der Waals surface area contributed by atoms with Crippen molar-refractivity contribution in [3.63, 3.8) is 0 Å². The van der Waals surface area contributed by atoms with E-state index in [0.29, 0.717) is 19.7 Å². The van der Waals surface area contributed by atoms with Gasteiger partial charge in [-0.1, -0.05) is 0 Å². The number of likely N-dealkylation sites (tertiary alicyclic amines) is 1. The largest absolute Gasteiger partial charge is 0.480 e. The van der Waals surface area contributed by atoms with E-state index in [4.69, 9.17) is 14.6 Å². The predicted molar refractivity (Wildman–Crippen MR) is 54.9 cm³/mol. The van der Waals surface area contributed by atoms with Gasteiger partial charge in [0.15, 0.2) is 0 Å². The number of ether oxygens (including phenoxy) is 2. The van der Waals surface area contributed by atoms with Crippen molar-refractivity contribution in [2.24, 2.45) is 0 Å². The quantitative estimate of drug-likeness (QED) is 0.712. The molecular formula is C10H19NO4. The number of carbonyl (C=O) groups is 1. The van der Waals surface area contributed by atoms with Crippen molar-refractivity contribution >= 4 is 5.97 Å². The summed E-state index contributed by atoms with van der Waals surface area (Å²) < 4.78 is 10.8. The fraction of sp³-hybridized carbons (Fsp3) is 0.900. The van der Waals surface area contributed by atoms with Gasteiger partial charge in [-0.2, -0.15) is 0 Å². The van der Waals surface area contributed by atoms with Gasteiger partial charge in [0.25, 0.3) is 0 Å². The molecule has 1 fully saturated rings. The zero-order valence-electron chi connectivity index (χ0n) is 9.47. The van der Waals surface area contributed by atoms with Crippen LogP contribution in [0.4, 0.5) is 0 Å². The van der Waals surface area contributed by atoms with Gasteiger partial charge >= 0.3 is 5.97 Å². The molecule has 1 aliphatic heterocycles. The van der Waals surface area contributed by atoms with E-state index < -0.39 is 12.0 Å². The molecule has 0 aromatic rings. The second-order valence-electron chi connectivity index (χ2n) is 3.74. The van der Waals surface area contributed by atoms with Gasteiger partial charge in [0.1, 0.15) is 6.04 Å². The predicted octanol–water partition coefficient (Wildman–Crippen LogP) is 0.195. The lowest BCUT2D eigenvalue weighted by Gasteiger charge is -2.19. The van der Waals surface area contributed by atoms with Crippen LogP contribution in [-0.2, 0) is 14.3 Å². The van der Waals surface area contributed by atoms with Gasteiger partial charge in [0.2, 0.25) is 0 Å². The van der Waals surface area contributed by atoms with Gasteiger partial charge < -0.3 is 14.6 Å². The van der Waals surface area contributed by atoms with Crippen LogP contribution in [0.5, 0.6) is 0 Å². The molecule has 0 bridgehead atoms. The third-order valence-corrected chi connectivity index (χ3v) is 2.83. The minimum Gasteiger partial charge on any atom is -0.480 e. The minimum absolute atomic E-state index is 0.0122. The maximum Gasteiger partial charge on any atom is 0.320 e.